The molecule has 3 atom stereocenters. The van der Waals surface area contributed by atoms with Crippen molar-refractivity contribution in [1.29, 1.82) is 0 Å². The van der Waals surface area contributed by atoms with E-state index in [1.807, 2.05) is 6.07 Å². The molecule has 0 radical (unpaired) electrons. The average Bonchev–Trinajstić information content (AvgIpc) is 2.67. The molecular weight excluding hydrogens is 244 g/mol. The van der Waals surface area contributed by atoms with Crippen LogP contribution in [-0.4, -0.2) is 11.2 Å². The van der Waals surface area contributed by atoms with Crippen LogP contribution in [0.4, 0.5) is 0 Å². The lowest BCUT2D eigenvalue weighted by Crippen LogP contribution is -2.16. The fourth-order valence-corrected chi connectivity index (χ4v) is 2.66. The maximum atomic E-state index is 9.62. The van der Waals surface area contributed by atoms with Gasteiger partial charge in [0.25, 0.3) is 0 Å². The van der Waals surface area contributed by atoms with Crippen LogP contribution in [0.15, 0.2) is 21.4 Å². The van der Waals surface area contributed by atoms with Gasteiger partial charge in [-0.3, -0.25) is 0 Å². The molecule has 2 rings (SSSR count). The highest BCUT2D eigenvalue weighted by Gasteiger charge is 2.31. The lowest BCUT2D eigenvalue weighted by molar-refractivity contribution is 0.127. The van der Waals surface area contributed by atoms with Gasteiger partial charge in [0.15, 0.2) is 4.67 Å². The van der Waals surface area contributed by atoms with E-state index in [-0.39, 0.29) is 6.10 Å². The SMILES string of the molecule is CC1C(O)CCC1Cc1coc(Br)c1. The van der Waals surface area contributed by atoms with Gasteiger partial charge in [0, 0.05) is 0 Å². The van der Waals surface area contributed by atoms with Gasteiger partial charge >= 0.3 is 0 Å². The molecule has 0 amide bonds. The maximum Gasteiger partial charge on any atom is 0.169 e. The first-order valence-electron chi connectivity index (χ1n) is 5.08. The van der Waals surface area contributed by atoms with Crippen molar-refractivity contribution < 1.29 is 9.52 Å². The van der Waals surface area contributed by atoms with Gasteiger partial charge in [-0.2, -0.15) is 0 Å². The Bertz CT molecular complexity index is 308. The van der Waals surface area contributed by atoms with Gasteiger partial charge in [0.1, 0.15) is 0 Å². The summed E-state index contributed by atoms with van der Waals surface area (Å²) >= 11 is 3.29. The maximum absolute atomic E-state index is 9.62. The zero-order valence-corrected chi connectivity index (χ0v) is 9.83. The lowest BCUT2D eigenvalue weighted by Gasteiger charge is -2.16. The fourth-order valence-electron chi connectivity index (χ4n) is 2.27. The molecule has 0 aliphatic heterocycles. The standard InChI is InChI=1S/C11H15BrO2/c1-7-9(2-3-10(7)13)4-8-5-11(12)14-6-8/h5-7,9-10,13H,2-4H2,1H3. The summed E-state index contributed by atoms with van der Waals surface area (Å²) < 4.78 is 5.98. The predicted molar refractivity (Wildman–Crippen MR) is 58.0 cm³/mol. The minimum absolute atomic E-state index is 0.102. The van der Waals surface area contributed by atoms with Crippen LogP contribution in [0.1, 0.15) is 25.3 Å². The van der Waals surface area contributed by atoms with Crippen molar-refractivity contribution >= 4 is 15.9 Å². The molecule has 1 aromatic rings. The van der Waals surface area contributed by atoms with Gasteiger partial charge in [0.2, 0.25) is 0 Å². The van der Waals surface area contributed by atoms with Crippen molar-refractivity contribution in [2.24, 2.45) is 11.8 Å². The Hall–Kier alpha value is -0.280. The van der Waals surface area contributed by atoms with E-state index >= 15 is 0 Å². The summed E-state index contributed by atoms with van der Waals surface area (Å²) in [5.74, 6) is 1.03. The molecule has 14 heavy (non-hydrogen) atoms. The van der Waals surface area contributed by atoms with Crippen molar-refractivity contribution in [3.05, 3.63) is 22.6 Å². The van der Waals surface area contributed by atoms with Crippen LogP contribution in [0.25, 0.3) is 0 Å². The minimum atomic E-state index is -0.102. The first kappa shape index (κ1) is 10.2. The van der Waals surface area contributed by atoms with Gasteiger partial charge in [-0.15, -0.1) is 0 Å². The first-order valence-corrected chi connectivity index (χ1v) is 5.87. The zero-order valence-electron chi connectivity index (χ0n) is 8.24. The molecule has 78 valence electrons. The first-order chi connectivity index (χ1) is 6.66. The molecule has 3 heteroatoms. The van der Waals surface area contributed by atoms with Crippen molar-refractivity contribution in [2.75, 3.05) is 0 Å². The van der Waals surface area contributed by atoms with E-state index in [1.165, 1.54) is 5.56 Å². The van der Waals surface area contributed by atoms with Crippen molar-refractivity contribution in [2.45, 2.75) is 32.3 Å². The molecule has 1 aliphatic carbocycles. The summed E-state index contributed by atoms with van der Waals surface area (Å²) in [6, 6.07) is 2.01. The molecule has 0 aromatic carbocycles. The molecule has 1 N–H and O–H groups in total. The molecule has 0 saturated heterocycles. The van der Waals surface area contributed by atoms with E-state index in [4.69, 9.17) is 4.42 Å². The largest absolute Gasteiger partial charge is 0.457 e. The highest BCUT2D eigenvalue weighted by atomic mass is 79.9. The number of halogens is 1. The summed E-state index contributed by atoms with van der Waals surface area (Å²) in [5, 5.41) is 9.62. The highest BCUT2D eigenvalue weighted by Crippen LogP contribution is 2.34. The van der Waals surface area contributed by atoms with Crippen LogP contribution in [0.3, 0.4) is 0 Å². The predicted octanol–water partition coefficient (Wildman–Crippen LogP) is 2.99. The molecule has 3 unspecified atom stereocenters. The molecule has 1 heterocycles. The van der Waals surface area contributed by atoms with Gasteiger partial charge in [-0.1, -0.05) is 6.92 Å². The van der Waals surface area contributed by atoms with Gasteiger partial charge in [-0.05, 0) is 58.7 Å². The Balaban J connectivity index is 1.98. The Morgan fingerprint density at radius 1 is 1.57 bits per heavy atom. The number of aliphatic hydroxyl groups is 1. The third kappa shape index (κ3) is 2.04. The van der Waals surface area contributed by atoms with Crippen LogP contribution in [0, 0.1) is 11.8 Å². The number of aliphatic hydroxyl groups excluding tert-OH is 1. The van der Waals surface area contributed by atoms with Gasteiger partial charge in [0.05, 0.1) is 12.4 Å². The Morgan fingerprint density at radius 3 is 2.86 bits per heavy atom. The van der Waals surface area contributed by atoms with Crippen molar-refractivity contribution in [3.8, 4) is 0 Å². The molecule has 2 nitrogen and oxygen atoms in total. The Kier molecular flexibility index (Phi) is 2.98. The summed E-state index contributed by atoms with van der Waals surface area (Å²) in [5.41, 5.74) is 1.22. The Labute approximate surface area is 92.4 Å². The van der Waals surface area contributed by atoms with Crippen LogP contribution in [0.5, 0.6) is 0 Å². The zero-order chi connectivity index (χ0) is 10.1. The van der Waals surface area contributed by atoms with E-state index in [1.54, 1.807) is 6.26 Å². The third-order valence-corrected chi connectivity index (χ3v) is 3.72. The molecule has 1 fully saturated rings. The van der Waals surface area contributed by atoms with Gasteiger partial charge < -0.3 is 9.52 Å². The van der Waals surface area contributed by atoms with E-state index < -0.39 is 0 Å². The smallest absolute Gasteiger partial charge is 0.169 e. The number of hydrogen-bond donors (Lipinski definition) is 1. The van der Waals surface area contributed by atoms with Crippen LogP contribution >= 0.6 is 15.9 Å². The third-order valence-electron chi connectivity index (χ3n) is 3.30. The number of furan rings is 1. The normalized spacial score (nSPS) is 32.4. The van der Waals surface area contributed by atoms with Gasteiger partial charge in [-0.25, -0.2) is 0 Å². The monoisotopic (exact) mass is 258 g/mol. The highest BCUT2D eigenvalue weighted by molar-refractivity contribution is 9.10. The second-order valence-electron chi connectivity index (χ2n) is 4.23. The fraction of sp³-hybridized carbons (Fsp3) is 0.636. The summed E-state index contributed by atoms with van der Waals surface area (Å²) in [6.07, 6.45) is 4.79. The second kappa shape index (κ2) is 4.07. The van der Waals surface area contributed by atoms with Crippen LogP contribution in [-0.2, 0) is 6.42 Å². The minimum Gasteiger partial charge on any atom is -0.457 e. The molecule has 0 bridgehead atoms. The number of rotatable bonds is 2. The van der Waals surface area contributed by atoms with E-state index in [2.05, 4.69) is 22.9 Å². The lowest BCUT2D eigenvalue weighted by atomic mass is 9.91. The van der Waals surface area contributed by atoms with Crippen molar-refractivity contribution in [1.82, 2.24) is 0 Å². The summed E-state index contributed by atoms with van der Waals surface area (Å²) in [6.45, 7) is 2.14. The molecule has 1 saturated carbocycles. The van der Waals surface area contributed by atoms with Crippen LogP contribution < -0.4 is 0 Å². The van der Waals surface area contributed by atoms with E-state index in [0.717, 1.165) is 23.9 Å². The second-order valence-corrected chi connectivity index (χ2v) is 5.01. The molecule has 1 aliphatic rings. The van der Waals surface area contributed by atoms with E-state index in [9.17, 15) is 5.11 Å². The average molecular weight is 259 g/mol. The number of hydrogen-bond acceptors (Lipinski definition) is 2. The Morgan fingerprint density at radius 2 is 2.36 bits per heavy atom. The van der Waals surface area contributed by atoms with Crippen LogP contribution in [0.2, 0.25) is 0 Å². The van der Waals surface area contributed by atoms with Crippen molar-refractivity contribution in [3.63, 3.8) is 0 Å². The molecule has 1 aromatic heterocycles. The molecular formula is C11H15BrO2. The summed E-state index contributed by atoms with van der Waals surface area (Å²) in [7, 11) is 0. The summed E-state index contributed by atoms with van der Waals surface area (Å²) in [4.78, 5) is 0. The quantitative estimate of drug-likeness (QED) is 0.885. The van der Waals surface area contributed by atoms with E-state index in [0.29, 0.717) is 11.8 Å². The molecule has 0 spiro atoms. The topological polar surface area (TPSA) is 33.4 Å².